The number of nitrogens with zero attached hydrogens (tertiary/aromatic N) is 2. The van der Waals surface area contributed by atoms with Crippen LogP contribution in [0.3, 0.4) is 0 Å². The Hall–Kier alpha value is -1.98. The Kier molecular flexibility index (Phi) is 4.43. The summed E-state index contributed by atoms with van der Waals surface area (Å²) >= 11 is 5.80. The number of rotatable bonds is 5. The van der Waals surface area contributed by atoms with E-state index < -0.39 is 0 Å². The second-order valence-corrected chi connectivity index (χ2v) is 4.23. The van der Waals surface area contributed by atoms with E-state index in [-0.39, 0.29) is 17.3 Å². The maximum Gasteiger partial charge on any atom is 0.156 e. The minimum Gasteiger partial charge on any atom is -0.392 e. The van der Waals surface area contributed by atoms with Gasteiger partial charge in [0, 0.05) is 6.54 Å². The molecule has 0 aliphatic rings. The highest BCUT2D eigenvalue weighted by molar-refractivity contribution is 6.32. The molecule has 0 bridgehead atoms. The van der Waals surface area contributed by atoms with Gasteiger partial charge < -0.3 is 10.4 Å². The zero-order valence-electron chi connectivity index (χ0n) is 10.0. The number of aldehydes is 1. The normalized spacial score (nSPS) is 10.2. The molecule has 19 heavy (non-hydrogen) atoms. The smallest absolute Gasteiger partial charge is 0.156 e. The Morgan fingerprint density at radius 3 is 2.84 bits per heavy atom. The molecule has 0 spiro atoms. The molecule has 0 saturated carbocycles. The molecule has 6 heteroatoms. The van der Waals surface area contributed by atoms with Crippen LogP contribution in [0.5, 0.6) is 0 Å². The molecule has 2 aromatic rings. The maximum absolute atomic E-state index is 10.9. The van der Waals surface area contributed by atoms with Crippen molar-refractivity contribution in [3.05, 3.63) is 52.4 Å². The van der Waals surface area contributed by atoms with Crippen LogP contribution >= 0.6 is 11.6 Å². The number of carbonyl (C=O) groups excluding carboxylic acids is 1. The maximum atomic E-state index is 10.9. The van der Waals surface area contributed by atoms with Crippen molar-refractivity contribution >= 4 is 23.7 Å². The number of carbonyl (C=O) groups is 1. The number of aliphatic hydroxyl groups is 1. The van der Waals surface area contributed by atoms with E-state index in [4.69, 9.17) is 16.7 Å². The number of anilines is 1. The fraction of sp³-hybridized carbons (Fsp3) is 0.154. The molecule has 1 heterocycles. The topological polar surface area (TPSA) is 75.1 Å². The van der Waals surface area contributed by atoms with E-state index in [1.165, 1.54) is 6.33 Å². The van der Waals surface area contributed by atoms with Crippen LogP contribution in [0.4, 0.5) is 5.82 Å². The fourth-order valence-electron chi connectivity index (χ4n) is 1.64. The third-order valence-electron chi connectivity index (χ3n) is 2.59. The van der Waals surface area contributed by atoms with Crippen LogP contribution in [0.1, 0.15) is 21.5 Å². The van der Waals surface area contributed by atoms with Gasteiger partial charge in [-0.1, -0.05) is 35.9 Å². The van der Waals surface area contributed by atoms with Crippen molar-refractivity contribution in [3.8, 4) is 0 Å². The summed E-state index contributed by atoms with van der Waals surface area (Å²) in [4.78, 5) is 18.6. The summed E-state index contributed by atoms with van der Waals surface area (Å²) in [5, 5.41) is 12.2. The van der Waals surface area contributed by atoms with Gasteiger partial charge in [0.05, 0.1) is 12.2 Å². The van der Waals surface area contributed by atoms with Crippen molar-refractivity contribution in [3.63, 3.8) is 0 Å². The number of benzene rings is 1. The highest BCUT2D eigenvalue weighted by Gasteiger charge is 2.08. The summed E-state index contributed by atoms with van der Waals surface area (Å²) in [5.41, 5.74) is 2.04. The summed E-state index contributed by atoms with van der Waals surface area (Å²) in [5.74, 6) is 0.393. The molecule has 2 rings (SSSR count). The van der Waals surface area contributed by atoms with Crippen LogP contribution in [0.15, 0.2) is 30.6 Å². The summed E-state index contributed by atoms with van der Waals surface area (Å²) in [6.07, 6.45) is 1.91. The van der Waals surface area contributed by atoms with Crippen molar-refractivity contribution in [2.75, 3.05) is 5.32 Å². The molecule has 0 aliphatic heterocycles. The van der Waals surface area contributed by atoms with Gasteiger partial charge in [0.15, 0.2) is 6.29 Å². The standard InChI is InChI=1S/C13H12ClN3O2/c14-12-11(7-19)13(17-8-16-12)15-5-9-2-1-3-10(4-9)6-18/h1-4,7-8,18H,5-6H2,(H,15,16,17). The van der Waals surface area contributed by atoms with Gasteiger partial charge >= 0.3 is 0 Å². The number of hydrogen-bond acceptors (Lipinski definition) is 5. The molecule has 5 nitrogen and oxygen atoms in total. The monoisotopic (exact) mass is 277 g/mol. The first-order valence-electron chi connectivity index (χ1n) is 5.63. The van der Waals surface area contributed by atoms with E-state index in [1.807, 2.05) is 24.3 Å². The quantitative estimate of drug-likeness (QED) is 0.646. The van der Waals surface area contributed by atoms with Gasteiger partial charge in [-0.3, -0.25) is 4.79 Å². The first-order chi connectivity index (χ1) is 9.24. The van der Waals surface area contributed by atoms with Crippen molar-refractivity contribution < 1.29 is 9.90 Å². The van der Waals surface area contributed by atoms with Gasteiger partial charge in [-0.05, 0) is 11.1 Å². The van der Waals surface area contributed by atoms with Crippen molar-refractivity contribution in [1.82, 2.24) is 9.97 Å². The first kappa shape index (κ1) is 13.5. The Morgan fingerprint density at radius 1 is 1.32 bits per heavy atom. The molecular weight excluding hydrogens is 266 g/mol. The van der Waals surface area contributed by atoms with Crippen molar-refractivity contribution in [2.45, 2.75) is 13.2 Å². The highest BCUT2D eigenvalue weighted by atomic mass is 35.5. The van der Waals surface area contributed by atoms with E-state index >= 15 is 0 Å². The number of halogens is 1. The molecule has 0 amide bonds. The second kappa shape index (κ2) is 6.26. The summed E-state index contributed by atoms with van der Waals surface area (Å²) in [7, 11) is 0. The van der Waals surface area contributed by atoms with Gasteiger partial charge in [0.25, 0.3) is 0 Å². The summed E-state index contributed by atoms with van der Waals surface area (Å²) < 4.78 is 0. The summed E-state index contributed by atoms with van der Waals surface area (Å²) in [6.45, 7) is 0.467. The van der Waals surface area contributed by atoms with Crippen molar-refractivity contribution in [1.29, 1.82) is 0 Å². The lowest BCUT2D eigenvalue weighted by Crippen LogP contribution is -2.06. The molecule has 0 saturated heterocycles. The Morgan fingerprint density at radius 2 is 2.11 bits per heavy atom. The largest absolute Gasteiger partial charge is 0.392 e. The van der Waals surface area contributed by atoms with Crippen LogP contribution in [-0.4, -0.2) is 21.4 Å². The van der Waals surface area contributed by atoms with Crippen LogP contribution in [0.25, 0.3) is 0 Å². The molecule has 0 radical (unpaired) electrons. The van der Waals surface area contributed by atoms with E-state index in [0.29, 0.717) is 18.6 Å². The first-order valence-corrected chi connectivity index (χ1v) is 6.00. The van der Waals surface area contributed by atoms with E-state index in [2.05, 4.69) is 15.3 Å². The van der Waals surface area contributed by atoms with Gasteiger partial charge in [0.2, 0.25) is 0 Å². The average molecular weight is 278 g/mol. The molecule has 2 N–H and O–H groups in total. The van der Waals surface area contributed by atoms with Gasteiger partial charge in [-0.15, -0.1) is 0 Å². The Bertz CT molecular complexity index is 590. The molecule has 98 valence electrons. The predicted octanol–water partition coefficient (Wildman–Crippen LogP) is 2.05. The lowest BCUT2D eigenvalue weighted by atomic mass is 10.1. The lowest BCUT2D eigenvalue weighted by molar-refractivity contribution is 0.112. The van der Waals surface area contributed by atoms with E-state index in [1.54, 1.807) is 0 Å². The Balaban J connectivity index is 2.14. The van der Waals surface area contributed by atoms with Crippen LogP contribution in [0, 0.1) is 0 Å². The second-order valence-electron chi connectivity index (χ2n) is 3.88. The number of aliphatic hydroxyl groups excluding tert-OH is 1. The number of hydrogen-bond donors (Lipinski definition) is 2. The SMILES string of the molecule is O=Cc1c(Cl)ncnc1NCc1cccc(CO)c1. The molecule has 0 atom stereocenters. The summed E-state index contributed by atoms with van der Waals surface area (Å²) in [6, 6.07) is 7.48. The van der Waals surface area contributed by atoms with Crippen molar-refractivity contribution in [2.24, 2.45) is 0 Å². The molecule has 1 aromatic heterocycles. The third kappa shape index (κ3) is 3.27. The third-order valence-corrected chi connectivity index (χ3v) is 2.89. The number of nitrogens with one attached hydrogen (secondary N) is 1. The molecule has 1 aromatic carbocycles. The van der Waals surface area contributed by atoms with Gasteiger partial charge in [-0.2, -0.15) is 0 Å². The number of aromatic nitrogens is 2. The minimum atomic E-state index is -0.00718. The van der Waals surface area contributed by atoms with Crippen LogP contribution in [-0.2, 0) is 13.2 Å². The van der Waals surface area contributed by atoms with E-state index in [9.17, 15) is 4.79 Å². The molecule has 0 unspecified atom stereocenters. The Labute approximate surface area is 115 Å². The van der Waals surface area contributed by atoms with Crippen LogP contribution < -0.4 is 5.32 Å². The van der Waals surface area contributed by atoms with Crippen LogP contribution in [0.2, 0.25) is 5.15 Å². The molecule has 0 fully saturated rings. The zero-order valence-corrected chi connectivity index (χ0v) is 10.8. The predicted molar refractivity (Wildman–Crippen MR) is 72.1 cm³/mol. The average Bonchev–Trinajstić information content (AvgIpc) is 2.45. The van der Waals surface area contributed by atoms with Gasteiger partial charge in [-0.25, -0.2) is 9.97 Å². The fourth-order valence-corrected chi connectivity index (χ4v) is 1.82. The minimum absolute atomic E-state index is 0.00718. The highest BCUT2D eigenvalue weighted by Crippen LogP contribution is 2.18. The zero-order chi connectivity index (χ0) is 13.7. The molecule has 0 aliphatic carbocycles. The van der Waals surface area contributed by atoms with E-state index in [0.717, 1.165) is 11.1 Å². The van der Waals surface area contributed by atoms with Gasteiger partial charge in [0.1, 0.15) is 17.3 Å². The lowest BCUT2D eigenvalue weighted by Gasteiger charge is -2.08. The molecular formula is C13H12ClN3O2.